The van der Waals surface area contributed by atoms with Gasteiger partial charge in [0.25, 0.3) is 0 Å². The maximum Gasteiger partial charge on any atom is 0.243 e. The third-order valence-corrected chi connectivity index (χ3v) is 8.41. The highest BCUT2D eigenvalue weighted by atomic mass is 32.2. The first kappa shape index (κ1) is 23.7. The van der Waals surface area contributed by atoms with Crippen molar-refractivity contribution in [2.24, 2.45) is 5.92 Å². The molecule has 0 radical (unpaired) electrons. The largest absolute Gasteiger partial charge is 0.367 e. The Morgan fingerprint density at radius 1 is 1.03 bits per heavy atom. The Bertz CT molecular complexity index is 1070. The zero-order valence-corrected chi connectivity index (χ0v) is 19.7. The SMILES string of the molecule is CCN1CCN(c2ccccc2NC(=O)C2CCCN(S(=O)(=O)c3ccc(F)cc3)C2)CC1. The summed E-state index contributed by atoms with van der Waals surface area (Å²) in [6, 6.07) is 12.6. The quantitative estimate of drug-likeness (QED) is 0.697. The molecule has 1 amide bonds. The number of rotatable bonds is 6. The van der Waals surface area contributed by atoms with Crippen LogP contribution >= 0.6 is 0 Å². The Kier molecular flexibility index (Phi) is 7.31. The third kappa shape index (κ3) is 5.37. The molecule has 2 saturated heterocycles. The van der Waals surface area contributed by atoms with Crippen LogP contribution in [0.15, 0.2) is 53.4 Å². The van der Waals surface area contributed by atoms with E-state index in [1.807, 2.05) is 24.3 Å². The first-order chi connectivity index (χ1) is 15.9. The Morgan fingerprint density at radius 3 is 2.42 bits per heavy atom. The van der Waals surface area contributed by atoms with E-state index in [9.17, 15) is 17.6 Å². The van der Waals surface area contributed by atoms with E-state index in [4.69, 9.17) is 0 Å². The molecule has 0 aromatic heterocycles. The van der Waals surface area contributed by atoms with Gasteiger partial charge < -0.3 is 15.1 Å². The van der Waals surface area contributed by atoms with Gasteiger partial charge in [-0.1, -0.05) is 19.1 Å². The van der Waals surface area contributed by atoms with Crippen molar-refractivity contribution in [3.05, 3.63) is 54.3 Å². The van der Waals surface area contributed by atoms with Crippen molar-refractivity contribution in [3.8, 4) is 0 Å². The second-order valence-electron chi connectivity index (χ2n) is 8.58. The number of amides is 1. The fraction of sp³-hybridized carbons (Fsp3) is 0.458. The summed E-state index contributed by atoms with van der Waals surface area (Å²) in [6.45, 7) is 7.42. The Balaban J connectivity index is 1.44. The van der Waals surface area contributed by atoms with Crippen LogP contribution in [-0.2, 0) is 14.8 Å². The van der Waals surface area contributed by atoms with E-state index >= 15 is 0 Å². The highest BCUT2D eigenvalue weighted by molar-refractivity contribution is 7.89. The number of likely N-dealkylation sites (N-methyl/N-ethyl adjacent to an activating group) is 1. The number of carbonyl (C=O) groups excluding carboxylic acids is 1. The summed E-state index contributed by atoms with van der Waals surface area (Å²) in [5.74, 6) is -1.10. The molecule has 2 fully saturated rings. The summed E-state index contributed by atoms with van der Waals surface area (Å²) in [5, 5.41) is 3.06. The molecule has 0 saturated carbocycles. The number of halogens is 1. The normalized spacial score (nSPS) is 20.5. The van der Waals surface area contributed by atoms with Gasteiger partial charge in [-0.05, 0) is 55.8 Å². The maximum atomic E-state index is 13.2. The van der Waals surface area contributed by atoms with Crippen molar-refractivity contribution in [3.63, 3.8) is 0 Å². The van der Waals surface area contributed by atoms with E-state index in [1.54, 1.807) is 0 Å². The average molecular weight is 475 g/mol. The number of nitrogens with one attached hydrogen (secondary N) is 1. The Hall–Kier alpha value is -2.49. The number of hydrogen-bond donors (Lipinski definition) is 1. The zero-order valence-electron chi connectivity index (χ0n) is 18.9. The number of nitrogens with zero attached hydrogens (tertiary/aromatic N) is 3. The molecule has 2 heterocycles. The maximum absolute atomic E-state index is 13.2. The highest BCUT2D eigenvalue weighted by Gasteiger charge is 2.33. The molecule has 1 unspecified atom stereocenters. The molecule has 7 nitrogen and oxygen atoms in total. The summed E-state index contributed by atoms with van der Waals surface area (Å²) in [4.78, 5) is 17.9. The van der Waals surface area contributed by atoms with E-state index < -0.39 is 21.8 Å². The number of piperazine rings is 1. The van der Waals surface area contributed by atoms with E-state index in [0.29, 0.717) is 19.4 Å². The molecule has 0 spiro atoms. The Labute approximate surface area is 195 Å². The fourth-order valence-corrected chi connectivity index (χ4v) is 6.05. The van der Waals surface area contributed by atoms with Crippen LogP contribution in [0.5, 0.6) is 0 Å². The van der Waals surface area contributed by atoms with Crippen molar-refractivity contribution in [2.45, 2.75) is 24.7 Å². The summed E-state index contributed by atoms with van der Waals surface area (Å²) >= 11 is 0. The molecule has 0 aliphatic carbocycles. The first-order valence-electron chi connectivity index (χ1n) is 11.5. The van der Waals surface area contributed by atoms with Gasteiger partial charge in [0.2, 0.25) is 15.9 Å². The summed E-state index contributed by atoms with van der Waals surface area (Å²) < 4.78 is 40.6. The van der Waals surface area contributed by atoms with E-state index in [2.05, 4.69) is 22.0 Å². The molecule has 2 aromatic carbocycles. The van der Waals surface area contributed by atoms with E-state index in [-0.39, 0.29) is 17.3 Å². The van der Waals surface area contributed by atoms with Crippen LogP contribution < -0.4 is 10.2 Å². The van der Waals surface area contributed by atoms with Gasteiger partial charge in [-0.3, -0.25) is 4.79 Å². The monoisotopic (exact) mass is 474 g/mol. The lowest BCUT2D eigenvalue weighted by molar-refractivity contribution is -0.120. The number of piperidine rings is 1. The molecule has 33 heavy (non-hydrogen) atoms. The van der Waals surface area contributed by atoms with Crippen LogP contribution in [0.1, 0.15) is 19.8 Å². The lowest BCUT2D eigenvalue weighted by Crippen LogP contribution is -2.46. The van der Waals surface area contributed by atoms with Gasteiger partial charge in [0.1, 0.15) is 5.82 Å². The topological polar surface area (TPSA) is 73.0 Å². The Morgan fingerprint density at radius 2 is 1.73 bits per heavy atom. The second kappa shape index (κ2) is 10.2. The molecular weight excluding hydrogens is 443 g/mol. The molecule has 178 valence electrons. The number of anilines is 2. The van der Waals surface area contributed by atoms with Crippen molar-refractivity contribution >= 4 is 27.3 Å². The van der Waals surface area contributed by atoms with Gasteiger partial charge >= 0.3 is 0 Å². The van der Waals surface area contributed by atoms with Gasteiger partial charge in [-0.25, -0.2) is 12.8 Å². The van der Waals surface area contributed by atoms with Gasteiger partial charge in [0, 0.05) is 39.3 Å². The molecule has 4 rings (SSSR count). The predicted molar refractivity (Wildman–Crippen MR) is 127 cm³/mol. The van der Waals surface area contributed by atoms with Crippen LogP contribution in [0, 0.1) is 11.7 Å². The minimum absolute atomic E-state index is 0.0431. The molecule has 0 bridgehead atoms. The number of para-hydroxylation sites is 2. The summed E-state index contributed by atoms with van der Waals surface area (Å²) in [7, 11) is -3.78. The third-order valence-electron chi connectivity index (χ3n) is 6.53. The molecule has 9 heteroatoms. The van der Waals surface area contributed by atoms with Crippen LogP contribution in [0.4, 0.5) is 15.8 Å². The minimum Gasteiger partial charge on any atom is -0.367 e. The number of sulfonamides is 1. The lowest BCUT2D eigenvalue weighted by atomic mass is 9.98. The van der Waals surface area contributed by atoms with Crippen molar-refractivity contribution in [1.29, 1.82) is 0 Å². The predicted octanol–water partition coefficient (Wildman–Crippen LogP) is 3.01. The molecule has 2 aliphatic rings. The minimum atomic E-state index is -3.78. The molecule has 1 atom stereocenters. The van der Waals surface area contributed by atoms with Crippen molar-refractivity contribution in [1.82, 2.24) is 9.21 Å². The molecule has 1 N–H and O–H groups in total. The van der Waals surface area contributed by atoms with Crippen LogP contribution in [0.25, 0.3) is 0 Å². The first-order valence-corrected chi connectivity index (χ1v) is 13.0. The second-order valence-corrected chi connectivity index (χ2v) is 10.5. The fourth-order valence-electron chi connectivity index (χ4n) is 4.53. The van der Waals surface area contributed by atoms with Crippen LogP contribution in [0.2, 0.25) is 0 Å². The van der Waals surface area contributed by atoms with Gasteiger partial charge in [-0.15, -0.1) is 0 Å². The number of hydrogen-bond acceptors (Lipinski definition) is 5. The summed E-state index contributed by atoms with van der Waals surface area (Å²) in [6.07, 6.45) is 1.22. The van der Waals surface area contributed by atoms with Gasteiger partial charge in [0.05, 0.1) is 22.2 Å². The summed E-state index contributed by atoms with van der Waals surface area (Å²) in [5.41, 5.74) is 1.75. The smallest absolute Gasteiger partial charge is 0.243 e. The van der Waals surface area contributed by atoms with Gasteiger partial charge in [-0.2, -0.15) is 4.31 Å². The zero-order chi connectivity index (χ0) is 23.4. The molecule has 2 aliphatic heterocycles. The lowest BCUT2D eigenvalue weighted by Gasteiger charge is -2.36. The molecule has 2 aromatic rings. The standard InChI is InChI=1S/C24H31FN4O3S/c1-2-27-14-16-28(17-15-27)23-8-4-3-7-22(23)26-24(30)19-6-5-13-29(18-19)33(31,32)21-11-9-20(25)10-12-21/h3-4,7-12,19H,2,5-6,13-18H2,1H3,(H,26,30). The van der Waals surface area contributed by atoms with Crippen LogP contribution in [0.3, 0.4) is 0 Å². The van der Waals surface area contributed by atoms with Crippen LogP contribution in [-0.4, -0.2) is 69.3 Å². The number of carbonyl (C=O) groups is 1. The van der Waals surface area contributed by atoms with Crippen molar-refractivity contribution < 1.29 is 17.6 Å². The highest BCUT2D eigenvalue weighted by Crippen LogP contribution is 2.29. The number of benzene rings is 2. The van der Waals surface area contributed by atoms with E-state index in [1.165, 1.54) is 16.4 Å². The van der Waals surface area contributed by atoms with E-state index in [0.717, 1.165) is 56.2 Å². The average Bonchev–Trinajstić information content (AvgIpc) is 2.85. The van der Waals surface area contributed by atoms with Gasteiger partial charge in [0.15, 0.2) is 0 Å². The van der Waals surface area contributed by atoms with Crippen molar-refractivity contribution in [2.75, 3.05) is 56.0 Å². The molecular formula is C24H31FN4O3S.